The van der Waals surface area contributed by atoms with E-state index in [0.717, 1.165) is 11.5 Å². The van der Waals surface area contributed by atoms with Crippen molar-refractivity contribution in [3.63, 3.8) is 0 Å². The summed E-state index contributed by atoms with van der Waals surface area (Å²) in [5, 5.41) is 12.6. The molecule has 0 amide bonds. The van der Waals surface area contributed by atoms with Crippen LogP contribution in [0.4, 0.5) is 0 Å². The maximum atomic E-state index is 8.67. The molecule has 0 fully saturated rings. The van der Waals surface area contributed by atoms with Crippen molar-refractivity contribution in [3.8, 4) is 6.07 Å². The SMILES string of the molecule is N#CCCN(Cc1ccco1)Cc1nnsc1Cl. The van der Waals surface area contributed by atoms with Crippen LogP contribution in [0.5, 0.6) is 0 Å². The minimum atomic E-state index is 0.454. The first-order valence-electron chi connectivity index (χ1n) is 5.38. The van der Waals surface area contributed by atoms with Crippen LogP contribution in [0.15, 0.2) is 22.8 Å². The van der Waals surface area contributed by atoms with Gasteiger partial charge in [-0.25, -0.2) is 0 Å². The zero-order valence-electron chi connectivity index (χ0n) is 9.54. The van der Waals surface area contributed by atoms with Gasteiger partial charge in [0.25, 0.3) is 0 Å². The number of halogens is 1. The molecule has 0 unspecified atom stereocenters. The monoisotopic (exact) mass is 282 g/mol. The number of furan rings is 1. The molecule has 0 radical (unpaired) electrons. The van der Waals surface area contributed by atoms with Crippen LogP contribution >= 0.6 is 23.1 Å². The number of hydrogen-bond acceptors (Lipinski definition) is 6. The number of rotatable bonds is 6. The van der Waals surface area contributed by atoms with Crippen molar-refractivity contribution in [2.75, 3.05) is 6.54 Å². The van der Waals surface area contributed by atoms with Crippen LogP contribution in [0.3, 0.4) is 0 Å². The minimum absolute atomic E-state index is 0.454. The third-order valence-corrected chi connectivity index (χ3v) is 3.37. The summed E-state index contributed by atoms with van der Waals surface area (Å²) >= 11 is 7.15. The zero-order valence-corrected chi connectivity index (χ0v) is 11.1. The topological polar surface area (TPSA) is 66.0 Å². The van der Waals surface area contributed by atoms with Gasteiger partial charge in [0.2, 0.25) is 0 Å². The average Bonchev–Trinajstić information content (AvgIpc) is 2.99. The van der Waals surface area contributed by atoms with Crippen LogP contribution in [0.2, 0.25) is 4.34 Å². The van der Waals surface area contributed by atoms with E-state index in [0.29, 0.717) is 30.4 Å². The molecule has 94 valence electrons. The standard InChI is InChI=1S/C11H11ClN4OS/c12-11-10(14-15-18-11)8-16(5-2-4-13)7-9-3-1-6-17-9/h1,3,6H,2,5,7-8H2. The highest BCUT2D eigenvalue weighted by molar-refractivity contribution is 7.10. The van der Waals surface area contributed by atoms with Crippen LogP contribution in [0.1, 0.15) is 17.9 Å². The molecule has 18 heavy (non-hydrogen) atoms. The second kappa shape index (κ2) is 6.50. The smallest absolute Gasteiger partial charge is 0.138 e. The predicted octanol–water partition coefficient (Wildman–Crippen LogP) is 2.70. The van der Waals surface area contributed by atoms with Crippen molar-refractivity contribution >= 4 is 23.1 Å². The Morgan fingerprint density at radius 2 is 2.39 bits per heavy atom. The van der Waals surface area contributed by atoms with Gasteiger partial charge in [0.05, 0.1) is 18.9 Å². The molecule has 0 aliphatic carbocycles. The van der Waals surface area contributed by atoms with Gasteiger partial charge in [0, 0.05) is 31.0 Å². The van der Waals surface area contributed by atoms with E-state index in [9.17, 15) is 0 Å². The average molecular weight is 283 g/mol. The normalized spacial score (nSPS) is 10.7. The Balaban J connectivity index is 2.01. The molecule has 5 nitrogen and oxygen atoms in total. The molecule has 0 aliphatic heterocycles. The number of hydrogen-bond donors (Lipinski definition) is 0. The lowest BCUT2D eigenvalue weighted by Crippen LogP contribution is -2.24. The van der Waals surface area contributed by atoms with Crippen molar-refractivity contribution < 1.29 is 4.42 Å². The molecule has 7 heteroatoms. The van der Waals surface area contributed by atoms with Gasteiger partial charge < -0.3 is 4.42 Å². The van der Waals surface area contributed by atoms with E-state index in [2.05, 4.69) is 20.6 Å². The van der Waals surface area contributed by atoms with Crippen molar-refractivity contribution in [2.45, 2.75) is 19.5 Å². The first-order chi connectivity index (χ1) is 8.79. The fraction of sp³-hybridized carbons (Fsp3) is 0.364. The molecule has 2 rings (SSSR count). The first kappa shape index (κ1) is 13.0. The maximum Gasteiger partial charge on any atom is 0.138 e. The van der Waals surface area contributed by atoms with E-state index in [1.165, 1.54) is 11.5 Å². The summed E-state index contributed by atoms with van der Waals surface area (Å²) in [6.07, 6.45) is 2.09. The molecule has 2 aromatic heterocycles. The molecular formula is C11H11ClN4OS. The van der Waals surface area contributed by atoms with Crippen molar-refractivity contribution in [2.24, 2.45) is 0 Å². The lowest BCUT2D eigenvalue weighted by molar-refractivity contribution is 0.238. The molecule has 0 spiro atoms. The summed E-state index contributed by atoms with van der Waals surface area (Å²) in [5.41, 5.74) is 0.742. The largest absolute Gasteiger partial charge is 0.468 e. The molecule has 0 saturated heterocycles. The highest BCUT2D eigenvalue weighted by atomic mass is 35.5. The summed E-state index contributed by atoms with van der Waals surface area (Å²) in [6, 6.07) is 5.88. The highest BCUT2D eigenvalue weighted by Crippen LogP contribution is 2.20. The number of nitriles is 1. The molecule has 2 aromatic rings. The number of nitrogens with zero attached hydrogens (tertiary/aromatic N) is 4. The van der Waals surface area contributed by atoms with E-state index >= 15 is 0 Å². The van der Waals surface area contributed by atoms with Crippen molar-refractivity contribution in [1.82, 2.24) is 14.5 Å². The quantitative estimate of drug-likeness (QED) is 0.815. The van der Waals surface area contributed by atoms with Crippen LogP contribution in [0, 0.1) is 11.3 Å². The Kier molecular flexibility index (Phi) is 4.70. The maximum absolute atomic E-state index is 8.67. The van der Waals surface area contributed by atoms with Gasteiger partial charge in [0.15, 0.2) is 0 Å². The van der Waals surface area contributed by atoms with Crippen LogP contribution in [0.25, 0.3) is 0 Å². The molecule has 0 atom stereocenters. The minimum Gasteiger partial charge on any atom is -0.468 e. The van der Waals surface area contributed by atoms with Crippen LogP contribution in [-0.2, 0) is 13.1 Å². The summed E-state index contributed by atoms with van der Waals surface area (Å²) in [6.45, 7) is 1.84. The third-order valence-electron chi connectivity index (χ3n) is 2.38. The fourth-order valence-corrected chi connectivity index (χ4v) is 2.16. The number of aromatic nitrogens is 2. The van der Waals surface area contributed by atoms with E-state index in [-0.39, 0.29) is 0 Å². The van der Waals surface area contributed by atoms with Gasteiger partial charge in [-0.1, -0.05) is 16.1 Å². The molecule has 0 bridgehead atoms. The Hall–Kier alpha value is -1.42. The summed E-state index contributed by atoms with van der Waals surface area (Å²) in [7, 11) is 0. The summed E-state index contributed by atoms with van der Waals surface area (Å²) in [5.74, 6) is 0.854. The Labute approximate surface area is 114 Å². The second-order valence-corrected chi connectivity index (χ2v) is 5.05. The van der Waals surface area contributed by atoms with E-state index in [1.54, 1.807) is 6.26 Å². The predicted molar refractivity (Wildman–Crippen MR) is 68.0 cm³/mol. The van der Waals surface area contributed by atoms with E-state index in [4.69, 9.17) is 21.3 Å². The lowest BCUT2D eigenvalue weighted by atomic mass is 10.3. The van der Waals surface area contributed by atoms with Crippen molar-refractivity contribution in [1.29, 1.82) is 5.26 Å². The zero-order chi connectivity index (χ0) is 12.8. The third kappa shape index (κ3) is 3.53. The molecule has 0 aliphatic rings. The molecule has 2 heterocycles. The summed E-state index contributed by atoms with van der Waals surface area (Å²) < 4.78 is 9.69. The first-order valence-corrected chi connectivity index (χ1v) is 6.53. The second-order valence-electron chi connectivity index (χ2n) is 3.69. The van der Waals surface area contributed by atoms with Crippen molar-refractivity contribution in [3.05, 3.63) is 34.2 Å². The molecule has 0 aromatic carbocycles. The van der Waals surface area contributed by atoms with Gasteiger partial charge in [-0.3, -0.25) is 4.90 Å². The lowest BCUT2D eigenvalue weighted by Gasteiger charge is -2.18. The van der Waals surface area contributed by atoms with Gasteiger partial charge in [0.1, 0.15) is 15.8 Å². The van der Waals surface area contributed by atoms with Gasteiger partial charge in [-0.15, -0.1) is 5.10 Å². The summed E-state index contributed by atoms with van der Waals surface area (Å²) in [4.78, 5) is 2.06. The Morgan fingerprint density at radius 1 is 1.50 bits per heavy atom. The highest BCUT2D eigenvalue weighted by Gasteiger charge is 2.13. The fourth-order valence-electron chi connectivity index (χ4n) is 1.55. The van der Waals surface area contributed by atoms with Gasteiger partial charge in [-0.2, -0.15) is 5.26 Å². The van der Waals surface area contributed by atoms with E-state index in [1.807, 2.05) is 12.1 Å². The van der Waals surface area contributed by atoms with Crippen LogP contribution in [-0.4, -0.2) is 21.0 Å². The Bertz CT molecular complexity index is 519. The Morgan fingerprint density at radius 3 is 3.00 bits per heavy atom. The van der Waals surface area contributed by atoms with Gasteiger partial charge >= 0.3 is 0 Å². The van der Waals surface area contributed by atoms with Crippen LogP contribution < -0.4 is 0 Å². The molecule has 0 saturated carbocycles. The molecular weight excluding hydrogens is 272 g/mol. The van der Waals surface area contributed by atoms with Gasteiger partial charge in [-0.05, 0) is 12.1 Å². The molecule has 0 N–H and O–H groups in total. The van der Waals surface area contributed by atoms with E-state index < -0.39 is 0 Å².